The van der Waals surface area contributed by atoms with E-state index in [0.717, 1.165) is 16.1 Å². The number of ether oxygens (including phenoxy) is 1. The van der Waals surface area contributed by atoms with Crippen LogP contribution in [0.5, 0.6) is 5.75 Å². The minimum atomic E-state index is 0.693. The average molecular weight is 262 g/mol. The van der Waals surface area contributed by atoms with Crippen LogP contribution < -0.4 is 4.74 Å². The van der Waals surface area contributed by atoms with Crippen molar-refractivity contribution in [2.75, 3.05) is 7.11 Å². The fourth-order valence-electron chi connectivity index (χ4n) is 1.43. The summed E-state index contributed by atoms with van der Waals surface area (Å²) in [7, 11) is 1.63. The second-order valence-electron chi connectivity index (χ2n) is 3.29. The van der Waals surface area contributed by atoms with Crippen LogP contribution in [0.3, 0.4) is 0 Å². The molecule has 0 radical (unpaired) electrons. The summed E-state index contributed by atoms with van der Waals surface area (Å²) in [6.45, 7) is 0. The Labute approximate surface area is 91.2 Å². The summed E-state index contributed by atoms with van der Waals surface area (Å²) in [5.74, 6) is 1.45. The highest BCUT2D eigenvalue weighted by molar-refractivity contribution is 9.10. The van der Waals surface area contributed by atoms with Gasteiger partial charge in [0.1, 0.15) is 0 Å². The van der Waals surface area contributed by atoms with Crippen LogP contribution in [0.4, 0.5) is 0 Å². The predicted octanol–water partition coefficient (Wildman–Crippen LogP) is 3.99. The van der Waals surface area contributed by atoms with E-state index in [1.165, 1.54) is 18.4 Å². The molecule has 0 aliphatic heterocycles. The van der Waals surface area contributed by atoms with Crippen molar-refractivity contribution in [3.8, 4) is 5.75 Å². The summed E-state index contributed by atoms with van der Waals surface area (Å²) >= 11 is 9.50. The van der Waals surface area contributed by atoms with E-state index in [4.69, 9.17) is 16.3 Å². The zero-order valence-electron chi connectivity index (χ0n) is 7.31. The van der Waals surface area contributed by atoms with Gasteiger partial charge >= 0.3 is 0 Å². The Bertz CT molecular complexity index is 311. The lowest BCUT2D eigenvalue weighted by Gasteiger charge is -2.07. The van der Waals surface area contributed by atoms with Crippen molar-refractivity contribution >= 4 is 27.5 Å². The maximum atomic E-state index is 6.05. The Hall–Kier alpha value is -0.210. The average Bonchev–Trinajstić information content (AvgIpc) is 2.85. The van der Waals surface area contributed by atoms with E-state index < -0.39 is 0 Å². The molecular formula is C10H10BrClO. The molecule has 13 heavy (non-hydrogen) atoms. The van der Waals surface area contributed by atoms with E-state index in [1.54, 1.807) is 7.11 Å². The molecule has 3 heteroatoms. The van der Waals surface area contributed by atoms with Crippen molar-refractivity contribution in [1.82, 2.24) is 0 Å². The molecule has 1 aliphatic rings. The zero-order valence-corrected chi connectivity index (χ0v) is 9.65. The van der Waals surface area contributed by atoms with Gasteiger partial charge in [0.25, 0.3) is 0 Å². The molecule has 1 aromatic rings. The normalized spacial score (nSPS) is 15.9. The molecule has 0 bridgehead atoms. The SMILES string of the molecule is COc1c(Cl)cc(C2CC2)cc1Br. The molecule has 0 unspecified atom stereocenters. The lowest BCUT2D eigenvalue weighted by molar-refractivity contribution is 0.412. The van der Waals surface area contributed by atoms with Crippen molar-refractivity contribution in [2.24, 2.45) is 0 Å². The van der Waals surface area contributed by atoms with Crippen LogP contribution in [0, 0.1) is 0 Å². The van der Waals surface area contributed by atoms with E-state index in [9.17, 15) is 0 Å². The van der Waals surface area contributed by atoms with Crippen molar-refractivity contribution in [1.29, 1.82) is 0 Å². The molecule has 0 aromatic heterocycles. The van der Waals surface area contributed by atoms with Crippen molar-refractivity contribution in [3.05, 3.63) is 27.2 Å². The third-order valence-corrected chi connectivity index (χ3v) is 3.14. The van der Waals surface area contributed by atoms with Gasteiger partial charge < -0.3 is 4.74 Å². The smallest absolute Gasteiger partial charge is 0.151 e. The van der Waals surface area contributed by atoms with E-state index >= 15 is 0 Å². The van der Waals surface area contributed by atoms with Crippen LogP contribution in [0.1, 0.15) is 24.3 Å². The van der Waals surface area contributed by atoms with E-state index in [0.29, 0.717) is 5.02 Å². The second-order valence-corrected chi connectivity index (χ2v) is 4.55. The molecule has 1 aliphatic carbocycles. The van der Waals surface area contributed by atoms with Crippen LogP contribution in [0.25, 0.3) is 0 Å². The summed E-state index contributed by atoms with van der Waals surface area (Å²) in [6.07, 6.45) is 2.57. The zero-order chi connectivity index (χ0) is 9.42. The lowest BCUT2D eigenvalue weighted by atomic mass is 10.1. The van der Waals surface area contributed by atoms with Crippen molar-refractivity contribution in [3.63, 3.8) is 0 Å². The van der Waals surface area contributed by atoms with E-state index in [-0.39, 0.29) is 0 Å². The van der Waals surface area contributed by atoms with Crippen LogP contribution >= 0.6 is 27.5 Å². The van der Waals surface area contributed by atoms with Crippen LogP contribution in [-0.2, 0) is 0 Å². The molecule has 0 spiro atoms. The Kier molecular flexibility index (Phi) is 2.52. The fraction of sp³-hybridized carbons (Fsp3) is 0.400. The van der Waals surface area contributed by atoms with Crippen LogP contribution in [0.15, 0.2) is 16.6 Å². The monoisotopic (exact) mass is 260 g/mol. The second kappa shape index (κ2) is 3.50. The van der Waals surface area contributed by atoms with Gasteiger partial charge in [-0.2, -0.15) is 0 Å². The number of methoxy groups -OCH3 is 1. The lowest BCUT2D eigenvalue weighted by Crippen LogP contribution is -1.88. The van der Waals surface area contributed by atoms with Gasteiger partial charge in [0.15, 0.2) is 5.75 Å². The summed E-state index contributed by atoms with van der Waals surface area (Å²) in [4.78, 5) is 0. The quantitative estimate of drug-likeness (QED) is 0.782. The Morgan fingerprint density at radius 2 is 2.15 bits per heavy atom. The standard InChI is InChI=1S/C10H10BrClO/c1-13-10-8(11)4-7(5-9(10)12)6-2-3-6/h4-6H,2-3H2,1H3. The van der Waals surface area contributed by atoms with E-state index in [1.807, 2.05) is 6.07 Å². The number of rotatable bonds is 2. The van der Waals surface area contributed by atoms with Gasteiger partial charge in [0.2, 0.25) is 0 Å². The maximum Gasteiger partial charge on any atom is 0.151 e. The first-order valence-electron chi connectivity index (χ1n) is 4.25. The molecule has 0 amide bonds. The van der Waals surface area contributed by atoms with Crippen molar-refractivity contribution < 1.29 is 4.74 Å². The summed E-state index contributed by atoms with van der Waals surface area (Å²) in [5, 5.41) is 0.693. The molecule has 0 atom stereocenters. The Morgan fingerprint density at radius 1 is 1.46 bits per heavy atom. The first-order valence-corrected chi connectivity index (χ1v) is 5.42. The third-order valence-electron chi connectivity index (χ3n) is 2.27. The molecule has 1 saturated carbocycles. The van der Waals surface area contributed by atoms with Gasteiger partial charge in [-0.15, -0.1) is 0 Å². The van der Waals surface area contributed by atoms with E-state index in [2.05, 4.69) is 22.0 Å². The molecule has 0 N–H and O–H groups in total. The van der Waals surface area contributed by atoms with Gasteiger partial charge in [-0.3, -0.25) is 0 Å². The molecule has 0 heterocycles. The Balaban J connectivity index is 2.42. The largest absolute Gasteiger partial charge is 0.494 e. The van der Waals surface area contributed by atoms with Gasteiger partial charge in [-0.05, 0) is 52.4 Å². The fourth-order valence-corrected chi connectivity index (χ4v) is 2.49. The first kappa shape index (κ1) is 9.35. The highest BCUT2D eigenvalue weighted by Gasteiger charge is 2.25. The molecule has 1 nitrogen and oxygen atoms in total. The first-order chi connectivity index (χ1) is 6.22. The third kappa shape index (κ3) is 1.84. The summed E-state index contributed by atoms with van der Waals surface area (Å²) in [6, 6.07) is 4.10. The molecule has 2 rings (SSSR count). The topological polar surface area (TPSA) is 9.23 Å². The van der Waals surface area contributed by atoms with Crippen LogP contribution in [0.2, 0.25) is 5.02 Å². The molecule has 0 saturated heterocycles. The van der Waals surface area contributed by atoms with Crippen LogP contribution in [-0.4, -0.2) is 7.11 Å². The van der Waals surface area contributed by atoms with Crippen molar-refractivity contribution in [2.45, 2.75) is 18.8 Å². The van der Waals surface area contributed by atoms with Gasteiger partial charge in [-0.25, -0.2) is 0 Å². The highest BCUT2D eigenvalue weighted by atomic mass is 79.9. The minimum absolute atomic E-state index is 0.693. The maximum absolute atomic E-state index is 6.05. The predicted molar refractivity (Wildman–Crippen MR) is 57.7 cm³/mol. The minimum Gasteiger partial charge on any atom is -0.494 e. The molecule has 1 aromatic carbocycles. The highest BCUT2D eigenvalue weighted by Crippen LogP contribution is 2.44. The number of halogens is 2. The molecule has 1 fully saturated rings. The molecule has 70 valence electrons. The Morgan fingerprint density at radius 3 is 2.62 bits per heavy atom. The van der Waals surface area contributed by atoms with Gasteiger partial charge in [-0.1, -0.05) is 11.6 Å². The summed E-state index contributed by atoms with van der Waals surface area (Å²) in [5.41, 5.74) is 1.32. The van der Waals surface area contributed by atoms with Gasteiger partial charge in [0.05, 0.1) is 16.6 Å². The summed E-state index contributed by atoms with van der Waals surface area (Å²) < 4.78 is 6.10. The number of hydrogen-bond donors (Lipinski definition) is 0. The number of benzene rings is 1. The molecular weight excluding hydrogens is 251 g/mol. The van der Waals surface area contributed by atoms with Gasteiger partial charge in [0, 0.05) is 0 Å². The number of hydrogen-bond acceptors (Lipinski definition) is 1.